The largest absolute Gasteiger partial charge is 0.490 e. The summed E-state index contributed by atoms with van der Waals surface area (Å²) in [6.45, 7) is 0.719. The van der Waals surface area contributed by atoms with Crippen LogP contribution in [0.5, 0.6) is 5.75 Å². The van der Waals surface area contributed by atoms with Crippen LogP contribution in [0.1, 0.15) is 50.5 Å². The molecule has 0 bridgehead atoms. The summed E-state index contributed by atoms with van der Waals surface area (Å²) in [6.07, 6.45) is 8.19. The average Bonchev–Trinajstić information content (AvgIpc) is 2.50. The lowest BCUT2D eigenvalue weighted by Gasteiger charge is -2.43. The first kappa shape index (κ1) is 15.1. The van der Waals surface area contributed by atoms with Gasteiger partial charge in [-0.15, -0.1) is 0 Å². The zero-order valence-electron chi connectivity index (χ0n) is 12.3. The van der Waals surface area contributed by atoms with Gasteiger partial charge in [-0.2, -0.15) is 0 Å². The highest BCUT2D eigenvalue weighted by molar-refractivity contribution is 6.30. The third kappa shape index (κ3) is 3.53. The Balaban J connectivity index is 1.70. The lowest BCUT2D eigenvalue weighted by molar-refractivity contribution is -0.129. The van der Waals surface area contributed by atoms with Crippen molar-refractivity contribution in [2.45, 2.75) is 63.3 Å². The maximum absolute atomic E-state index is 9.45. The quantitative estimate of drug-likeness (QED) is 0.913. The standard InChI is InChI=1S/C17H23ClO3/c18-14-4-5-16(13(10-14)12-19)21-15-6-9-20-17(11-15)7-2-1-3-8-17/h4-5,10,15,19H,1-3,6-9,11-12H2. The van der Waals surface area contributed by atoms with Gasteiger partial charge in [-0.3, -0.25) is 0 Å². The molecule has 2 fully saturated rings. The van der Waals surface area contributed by atoms with E-state index in [9.17, 15) is 5.11 Å². The first-order chi connectivity index (χ1) is 10.2. The Morgan fingerprint density at radius 2 is 2.10 bits per heavy atom. The second-order valence-corrected chi connectivity index (χ2v) is 6.67. The monoisotopic (exact) mass is 310 g/mol. The Bertz CT molecular complexity index is 477. The fourth-order valence-corrected chi connectivity index (χ4v) is 3.79. The van der Waals surface area contributed by atoms with E-state index in [0.29, 0.717) is 5.02 Å². The highest BCUT2D eigenvalue weighted by Crippen LogP contribution is 2.40. The summed E-state index contributed by atoms with van der Waals surface area (Å²) in [4.78, 5) is 0. The molecule has 1 aromatic carbocycles. The van der Waals surface area contributed by atoms with Crippen molar-refractivity contribution in [2.24, 2.45) is 0 Å². The predicted octanol–water partition coefficient (Wildman–Crippen LogP) is 4.09. The minimum absolute atomic E-state index is 0.0347. The summed E-state index contributed by atoms with van der Waals surface area (Å²) < 4.78 is 12.3. The molecule has 21 heavy (non-hydrogen) atoms. The van der Waals surface area contributed by atoms with E-state index in [1.807, 2.05) is 12.1 Å². The van der Waals surface area contributed by atoms with Crippen molar-refractivity contribution in [1.29, 1.82) is 0 Å². The molecule has 0 amide bonds. The van der Waals surface area contributed by atoms with Crippen LogP contribution < -0.4 is 4.74 Å². The van der Waals surface area contributed by atoms with Gasteiger partial charge in [0.15, 0.2) is 0 Å². The molecule has 1 aromatic rings. The lowest BCUT2D eigenvalue weighted by Crippen LogP contribution is -2.45. The van der Waals surface area contributed by atoms with Crippen LogP contribution in [0.4, 0.5) is 0 Å². The van der Waals surface area contributed by atoms with Gasteiger partial charge in [0.2, 0.25) is 0 Å². The number of halogens is 1. The minimum atomic E-state index is -0.0513. The number of hydrogen-bond acceptors (Lipinski definition) is 3. The van der Waals surface area contributed by atoms with E-state index < -0.39 is 0 Å². The van der Waals surface area contributed by atoms with Gasteiger partial charge in [0.25, 0.3) is 0 Å². The Hall–Kier alpha value is -0.770. The van der Waals surface area contributed by atoms with Crippen LogP contribution in [-0.4, -0.2) is 23.4 Å². The molecule has 1 aliphatic carbocycles. The van der Waals surface area contributed by atoms with Gasteiger partial charge in [0.1, 0.15) is 11.9 Å². The first-order valence-corrected chi connectivity index (χ1v) is 8.28. The van der Waals surface area contributed by atoms with Crippen LogP contribution in [-0.2, 0) is 11.3 Å². The maximum atomic E-state index is 9.45. The van der Waals surface area contributed by atoms with Crippen LogP contribution in [0.15, 0.2) is 18.2 Å². The second-order valence-electron chi connectivity index (χ2n) is 6.23. The van der Waals surface area contributed by atoms with Crippen molar-refractivity contribution in [1.82, 2.24) is 0 Å². The van der Waals surface area contributed by atoms with Gasteiger partial charge in [-0.05, 0) is 31.0 Å². The Morgan fingerprint density at radius 3 is 2.86 bits per heavy atom. The molecule has 1 aliphatic heterocycles. The second kappa shape index (κ2) is 6.55. The Labute approximate surface area is 131 Å². The van der Waals surface area contributed by atoms with Crippen molar-refractivity contribution >= 4 is 11.6 Å². The topological polar surface area (TPSA) is 38.7 Å². The van der Waals surface area contributed by atoms with E-state index in [4.69, 9.17) is 21.1 Å². The summed E-state index contributed by atoms with van der Waals surface area (Å²) in [5, 5.41) is 10.1. The Morgan fingerprint density at radius 1 is 1.29 bits per heavy atom. The maximum Gasteiger partial charge on any atom is 0.125 e. The molecule has 3 nitrogen and oxygen atoms in total. The van der Waals surface area contributed by atoms with Gasteiger partial charge in [-0.1, -0.05) is 30.9 Å². The summed E-state index contributed by atoms with van der Waals surface area (Å²) in [7, 11) is 0. The SMILES string of the molecule is OCc1cc(Cl)ccc1OC1CCOC2(CCCCC2)C1. The summed E-state index contributed by atoms with van der Waals surface area (Å²) >= 11 is 5.97. The van der Waals surface area contributed by atoms with Gasteiger partial charge in [-0.25, -0.2) is 0 Å². The van der Waals surface area contributed by atoms with Gasteiger partial charge >= 0.3 is 0 Å². The van der Waals surface area contributed by atoms with E-state index in [0.717, 1.165) is 43.6 Å². The fraction of sp³-hybridized carbons (Fsp3) is 0.647. The van der Waals surface area contributed by atoms with E-state index in [1.54, 1.807) is 6.07 Å². The van der Waals surface area contributed by atoms with Crippen molar-refractivity contribution in [3.8, 4) is 5.75 Å². The molecule has 0 radical (unpaired) electrons. The Kier molecular flexibility index (Phi) is 4.72. The highest BCUT2D eigenvalue weighted by atomic mass is 35.5. The third-order valence-electron chi connectivity index (χ3n) is 4.70. The molecular weight excluding hydrogens is 288 g/mol. The smallest absolute Gasteiger partial charge is 0.125 e. The van der Waals surface area contributed by atoms with Crippen molar-refractivity contribution in [3.05, 3.63) is 28.8 Å². The molecule has 116 valence electrons. The number of ether oxygens (including phenoxy) is 2. The molecular formula is C17H23ClO3. The summed E-state index contributed by atoms with van der Waals surface area (Å²) in [5.41, 5.74) is 0.791. The number of aliphatic hydroxyl groups excluding tert-OH is 1. The van der Waals surface area contributed by atoms with Crippen molar-refractivity contribution in [3.63, 3.8) is 0 Å². The van der Waals surface area contributed by atoms with Crippen LogP contribution in [0, 0.1) is 0 Å². The number of benzene rings is 1. The van der Waals surface area contributed by atoms with Gasteiger partial charge in [0, 0.05) is 23.4 Å². The lowest BCUT2D eigenvalue weighted by atomic mass is 9.79. The average molecular weight is 311 g/mol. The first-order valence-electron chi connectivity index (χ1n) is 7.91. The molecule has 1 N–H and O–H groups in total. The fourth-order valence-electron chi connectivity index (χ4n) is 3.59. The molecule has 1 atom stereocenters. The van der Waals surface area contributed by atoms with E-state index in [1.165, 1.54) is 19.3 Å². The molecule has 1 spiro atoms. The molecule has 2 aliphatic rings. The molecule has 1 heterocycles. The number of rotatable bonds is 3. The number of hydrogen-bond donors (Lipinski definition) is 1. The summed E-state index contributed by atoms with van der Waals surface area (Å²) in [6, 6.07) is 5.44. The molecule has 0 aromatic heterocycles. The molecule has 1 unspecified atom stereocenters. The van der Waals surface area contributed by atoms with Gasteiger partial charge < -0.3 is 14.6 Å². The van der Waals surface area contributed by atoms with Gasteiger partial charge in [0.05, 0.1) is 18.8 Å². The highest BCUT2D eigenvalue weighted by Gasteiger charge is 2.39. The third-order valence-corrected chi connectivity index (χ3v) is 4.93. The zero-order valence-corrected chi connectivity index (χ0v) is 13.1. The van der Waals surface area contributed by atoms with Crippen molar-refractivity contribution < 1.29 is 14.6 Å². The van der Waals surface area contributed by atoms with Crippen LogP contribution in [0.25, 0.3) is 0 Å². The van der Waals surface area contributed by atoms with Crippen LogP contribution in [0.3, 0.4) is 0 Å². The minimum Gasteiger partial charge on any atom is -0.490 e. The van der Waals surface area contributed by atoms with E-state index in [2.05, 4.69) is 0 Å². The molecule has 4 heteroatoms. The van der Waals surface area contributed by atoms with Crippen molar-refractivity contribution in [2.75, 3.05) is 6.61 Å². The molecule has 1 saturated carbocycles. The zero-order chi connectivity index (χ0) is 14.7. The molecule has 1 saturated heterocycles. The molecule has 3 rings (SSSR count). The van der Waals surface area contributed by atoms with E-state index >= 15 is 0 Å². The van der Waals surface area contributed by atoms with E-state index in [-0.39, 0.29) is 18.3 Å². The summed E-state index contributed by atoms with van der Waals surface area (Å²) in [5.74, 6) is 0.750. The van der Waals surface area contributed by atoms with Crippen LogP contribution >= 0.6 is 11.6 Å². The number of aliphatic hydroxyl groups is 1. The predicted molar refractivity (Wildman–Crippen MR) is 82.8 cm³/mol. The normalized spacial score (nSPS) is 25.0. The van der Waals surface area contributed by atoms with Crippen LogP contribution in [0.2, 0.25) is 5.02 Å².